The zero-order valence-corrected chi connectivity index (χ0v) is 17.2. The monoisotopic (exact) mass is 418 g/mol. The van der Waals surface area contributed by atoms with Crippen LogP contribution in [-0.2, 0) is 0 Å². The maximum absolute atomic E-state index is 14.6. The largest absolute Gasteiger partial charge is 0.503 e. The quantitative estimate of drug-likeness (QED) is 0.562. The summed E-state index contributed by atoms with van der Waals surface area (Å²) in [6.45, 7) is 6.44. The molecule has 1 aliphatic heterocycles. The number of benzene rings is 2. The molecule has 2 aromatic carbocycles. The maximum Gasteiger partial charge on any atom is 0.185 e. The summed E-state index contributed by atoms with van der Waals surface area (Å²) in [6.07, 6.45) is 2.89. The number of nitrogens with zero attached hydrogens (tertiary/aromatic N) is 2. The standard InChI is InChI=1S/C22H24ClFN2O3/c1-3-25-8-10-26(11-9-25)19-6-5-16(14-18(19)24)20(27)7-4-15-12-17(23)22(28)21(13-15)29-2/h4-7,12-14,28H,3,8-11H2,1-2H3/b7-4+. The smallest absolute Gasteiger partial charge is 0.185 e. The molecule has 1 fully saturated rings. The summed E-state index contributed by atoms with van der Waals surface area (Å²) in [5.74, 6) is -0.670. The van der Waals surface area contributed by atoms with E-state index in [9.17, 15) is 14.3 Å². The number of ketones is 1. The van der Waals surface area contributed by atoms with Crippen molar-refractivity contribution in [2.24, 2.45) is 0 Å². The summed E-state index contributed by atoms with van der Waals surface area (Å²) in [7, 11) is 1.41. The fraction of sp³-hybridized carbons (Fsp3) is 0.318. The molecule has 0 radical (unpaired) electrons. The van der Waals surface area contributed by atoms with E-state index in [4.69, 9.17) is 16.3 Å². The van der Waals surface area contributed by atoms with Gasteiger partial charge in [0.15, 0.2) is 17.3 Å². The van der Waals surface area contributed by atoms with Gasteiger partial charge in [0.05, 0.1) is 17.8 Å². The molecule has 0 unspecified atom stereocenters. The summed E-state index contributed by atoms with van der Waals surface area (Å²) < 4.78 is 19.7. The van der Waals surface area contributed by atoms with Crippen molar-refractivity contribution in [1.29, 1.82) is 0 Å². The molecule has 5 nitrogen and oxygen atoms in total. The van der Waals surface area contributed by atoms with E-state index in [0.29, 0.717) is 11.3 Å². The van der Waals surface area contributed by atoms with Crippen LogP contribution in [-0.4, -0.2) is 55.6 Å². The number of carbonyl (C=O) groups is 1. The Kier molecular flexibility index (Phi) is 6.77. The lowest BCUT2D eigenvalue weighted by Crippen LogP contribution is -2.46. The van der Waals surface area contributed by atoms with Crippen LogP contribution >= 0.6 is 11.6 Å². The second-order valence-electron chi connectivity index (χ2n) is 6.84. The highest BCUT2D eigenvalue weighted by Gasteiger charge is 2.19. The van der Waals surface area contributed by atoms with Crippen LogP contribution in [0.1, 0.15) is 22.8 Å². The second-order valence-corrected chi connectivity index (χ2v) is 7.25. The van der Waals surface area contributed by atoms with E-state index in [2.05, 4.69) is 11.8 Å². The number of phenolic OH excluding ortho intramolecular Hbond substituents is 1. The van der Waals surface area contributed by atoms with Gasteiger partial charge in [-0.2, -0.15) is 0 Å². The van der Waals surface area contributed by atoms with Crippen LogP contribution in [0.4, 0.5) is 10.1 Å². The van der Waals surface area contributed by atoms with E-state index in [1.807, 2.05) is 4.90 Å². The van der Waals surface area contributed by atoms with E-state index >= 15 is 0 Å². The highest BCUT2D eigenvalue weighted by Crippen LogP contribution is 2.35. The van der Waals surface area contributed by atoms with Gasteiger partial charge in [0.1, 0.15) is 5.82 Å². The number of allylic oxidation sites excluding steroid dienone is 1. The molecule has 0 spiro atoms. The summed E-state index contributed by atoms with van der Waals surface area (Å²) in [5.41, 5.74) is 1.38. The molecular weight excluding hydrogens is 395 g/mol. The normalized spacial score (nSPS) is 15.1. The first-order valence-corrected chi connectivity index (χ1v) is 9.86. The molecule has 0 saturated carbocycles. The topological polar surface area (TPSA) is 53.0 Å². The third kappa shape index (κ3) is 4.89. The lowest BCUT2D eigenvalue weighted by molar-refractivity contribution is 0.104. The van der Waals surface area contributed by atoms with Gasteiger partial charge in [-0.25, -0.2) is 4.39 Å². The van der Waals surface area contributed by atoms with Crippen molar-refractivity contribution in [2.45, 2.75) is 6.92 Å². The van der Waals surface area contributed by atoms with Crippen LogP contribution in [0.5, 0.6) is 11.5 Å². The number of likely N-dealkylation sites (N-methyl/N-ethyl adjacent to an activating group) is 1. The Morgan fingerprint density at radius 3 is 2.59 bits per heavy atom. The minimum absolute atomic E-state index is 0.120. The molecule has 1 heterocycles. The van der Waals surface area contributed by atoms with Gasteiger partial charge in [-0.15, -0.1) is 0 Å². The first kappa shape index (κ1) is 21.1. The minimum atomic E-state index is -0.399. The Balaban J connectivity index is 1.73. The number of halogens is 2. The average Bonchev–Trinajstić information content (AvgIpc) is 2.74. The highest BCUT2D eigenvalue weighted by atomic mass is 35.5. The van der Waals surface area contributed by atoms with Crippen LogP contribution < -0.4 is 9.64 Å². The van der Waals surface area contributed by atoms with E-state index in [0.717, 1.165) is 32.7 Å². The first-order chi connectivity index (χ1) is 13.9. The molecule has 7 heteroatoms. The van der Waals surface area contributed by atoms with Gasteiger partial charge in [-0.3, -0.25) is 4.79 Å². The third-order valence-corrected chi connectivity index (χ3v) is 5.38. The maximum atomic E-state index is 14.6. The van der Waals surface area contributed by atoms with Crippen molar-refractivity contribution in [3.05, 3.63) is 58.4 Å². The zero-order chi connectivity index (χ0) is 21.0. The number of methoxy groups -OCH3 is 1. The Labute approximate surface area is 175 Å². The Bertz CT molecular complexity index is 925. The van der Waals surface area contributed by atoms with Gasteiger partial charge >= 0.3 is 0 Å². The molecule has 29 heavy (non-hydrogen) atoms. The molecule has 0 atom stereocenters. The predicted octanol–water partition coefficient (Wildman–Crippen LogP) is 4.23. The van der Waals surface area contributed by atoms with Gasteiger partial charge in [-0.05, 0) is 48.5 Å². The van der Waals surface area contributed by atoms with Gasteiger partial charge in [0.25, 0.3) is 0 Å². The van der Waals surface area contributed by atoms with Crippen LogP contribution in [0.2, 0.25) is 5.02 Å². The van der Waals surface area contributed by atoms with E-state index in [-0.39, 0.29) is 27.9 Å². The molecule has 0 aromatic heterocycles. The molecule has 1 N–H and O–H groups in total. The number of aromatic hydroxyl groups is 1. The molecule has 0 aliphatic carbocycles. The van der Waals surface area contributed by atoms with Crippen LogP contribution in [0, 0.1) is 5.82 Å². The molecule has 3 rings (SSSR count). The van der Waals surface area contributed by atoms with Crippen molar-refractivity contribution in [3.63, 3.8) is 0 Å². The number of carbonyl (C=O) groups excluding carboxylic acids is 1. The number of phenols is 1. The van der Waals surface area contributed by atoms with Crippen molar-refractivity contribution in [1.82, 2.24) is 4.90 Å². The lowest BCUT2D eigenvalue weighted by atomic mass is 10.1. The number of rotatable bonds is 6. The first-order valence-electron chi connectivity index (χ1n) is 9.48. The van der Waals surface area contributed by atoms with E-state index in [1.54, 1.807) is 24.3 Å². The number of anilines is 1. The van der Waals surface area contributed by atoms with Gasteiger partial charge in [0.2, 0.25) is 0 Å². The number of ether oxygens (including phenoxy) is 1. The van der Waals surface area contributed by atoms with Gasteiger partial charge in [0, 0.05) is 31.7 Å². The Morgan fingerprint density at radius 2 is 1.97 bits per heavy atom. The molecule has 1 aliphatic rings. The van der Waals surface area contributed by atoms with Crippen LogP contribution in [0.3, 0.4) is 0 Å². The summed E-state index contributed by atoms with van der Waals surface area (Å²) in [4.78, 5) is 16.8. The molecule has 2 aromatic rings. The summed E-state index contributed by atoms with van der Waals surface area (Å²) >= 11 is 5.95. The van der Waals surface area contributed by atoms with Crippen LogP contribution in [0.15, 0.2) is 36.4 Å². The van der Waals surface area contributed by atoms with Crippen LogP contribution in [0.25, 0.3) is 6.08 Å². The van der Waals surface area contributed by atoms with Gasteiger partial charge in [-0.1, -0.05) is 24.6 Å². The minimum Gasteiger partial charge on any atom is -0.503 e. The third-order valence-electron chi connectivity index (χ3n) is 5.09. The number of hydrogen-bond acceptors (Lipinski definition) is 5. The van der Waals surface area contributed by atoms with Crippen molar-refractivity contribution in [3.8, 4) is 11.5 Å². The SMILES string of the molecule is CCN1CCN(c2ccc(C(=O)/C=C/c3cc(Cl)c(O)c(OC)c3)cc2F)CC1. The number of hydrogen-bond donors (Lipinski definition) is 1. The molecule has 0 amide bonds. The Morgan fingerprint density at radius 1 is 1.24 bits per heavy atom. The fourth-order valence-corrected chi connectivity index (χ4v) is 3.55. The van der Waals surface area contributed by atoms with E-state index in [1.165, 1.54) is 25.3 Å². The molecule has 1 saturated heterocycles. The zero-order valence-electron chi connectivity index (χ0n) is 16.5. The summed E-state index contributed by atoms with van der Waals surface area (Å²) in [5, 5.41) is 9.89. The molecular formula is C22H24ClFN2O3. The lowest BCUT2D eigenvalue weighted by Gasteiger charge is -2.35. The highest BCUT2D eigenvalue weighted by molar-refractivity contribution is 6.32. The molecule has 0 bridgehead atoms. The predicted molar refractivity (Wildman–Crippen MR) is 114 cm³/mol. The molecule has 154 valence electrons. The van der Waals surface area contributed by atoms with E-state index < -0.39 is 5.82 Å². The second kappa shape index (κ2) is 9.29. The summed E-state index contributed by atoms with van der Waals surface area (Å²) in [6, 6.07) is 7.66. The van der Waals surface area contributed by atoms with Gasteiger partial charge < -0.3 is 19.6 Å². The van der Waals surface area contributed by atoms with Crippen molar-refractivity contribution < 1.29 is 19.0 Å². The fourth-order valence-electron chi connectivity index (χ4n) is 3.34. The average molecular weight is 419 g/mol. The Hall–Kier alpha value is -2.57. The van der Waals surface area contributed by atoms with Crippen molar-refractivity contribution >= 4 is 29.1 Å². The van der Waals surface area contributed by atoms with Crippen molar-refractivity contribution in [2.75, 3.05) is 44.7 Å². The number of piperazine rings is 1.